The second kappa shape index (κ2) is 7.83. The van der Waals surface area contributed by atoms with Gasteiger partial charge in [0.25, 0.3) is 0 Å². The molecule has 1 aliphatic heterocycles. The fourth-order valence-corrected chi connectivity index (χ4v) is 3.15. The highest BCUT2D eigenvalue weighted by molar-refractivity contribution is 5.94. The van der Waals surface area contributed by atoms with Crippen LogP contribution in [-0.4, -0.2) is 30.0 Å². The number of nitrogens with zero attached hydrogens (tertiary/aromatic N) is 1. The maximum absolute atomic E-state index is 13.7. The van der Waals surface area contributed by atoms with Crippen LogP contribution in [0.5, 0.6) is 5.75 Å². The average Bonchev–Trinajstić information content (AvgIpc) is 2.63. The molecule has 3 rings (SSSR count). The lowest BCUT2D eigenvalue weighted by molar-refractivity contribution is -0.121. The number of hydrogen-bond donors (Lipinski definition) is 1. The van der Waals surface area contributed by atoms with Crippen LogP contribution < -0.4 is 10.1 Å². The number of amides is 1. The van der Waals surface area contributed by atoms with Crippen LogP contribution in [0.15, 0.2) is 36.4 Å². The molecule has 1 atom stereocenters. The van der Waals surface area contributed by atoms with Crippen molar-refractivity contribution in [2.45, 2.75) is 32.9 Å². The third-order valence-electron chi connectivity index (χ3n) is 4.67. The zero-order valence-electron chi connectivity index (χ0n) is 14.9. The molecule has 0 aliphatic carbocycles. The molecule has 2 aromatic rings. The molecule has 0 fully saturated rings. The number of carbonyl (C=O) groups excluding carboxylic acids is 1. The van der Waals surface area contributed by atoms with Gasteiger partial charge in [-0.05, 0) is 55.7 Å². The molecule has 1 aliphatic rings. The van der Waals surface area contributed by atoms with Gasteiger partial charge >= 0.3 is 0 Å². The minimum Gasteiger partial charge on any atom is -0.494 e. The summed E-state index contributed by atoms with van der Waals surface area (Å²) in [6, 6.07) is 8.99. The van der Waals surface area contributed by atoms with Gasteiger partial charge in [0.05, 0.1) is 12.6 Å². The highest BCUT2D eigenvalue weighted by Crippen LogP contribution is 2.26. The molecule has 1 heterocycles. The molecule has 0 spiro atoms. The van der Waals surface area contributed by atoms with Crippen LogP contribution in [0.4, 0.5) is 14.5 Å². The molecular formula is C20H22F2N2O2. The number of fused-ring (bicyclic) bond motifs is 1. The number of halogens is 2. The van der Waals surface area contributed by atoms with Crippen molar-refractivity contribution in [3.63, 3.8) is 0 Å². The Hall–Kier alpha value is -2.47. The Labute approximate surface area is 151 Å². The maximum atomic E-state index is 13.7. The van der Waals surface area contributed by atoms with Crippen LogP contribution >= 0.6 is 0 Å². The first-order valence-electron chi connectivity index (χ1n) is 8.73. The molecule has 0 saturated heterocycles. The van der Waals surface area contributed by atoms with E-state index in [1.54, 1.807) is 6.92 Å². The standard InChI is InChI=1S/C20H22F2N2O2/c1-3-26-16-8-7-14-9-10-24(12-15(14)11-16)13(2)20(25)23-19-17(21)5-4-6-18(19)22/h4-8,11,13H,3,9-10,12H2,1-2H3,(H,23,25). The monoisotopic (exact) mass is 360 g/mol. The quantitative estimate of drug-likeness (QED) is 0.883. The normalized spacial score (nSPS) is 15.2. The zero-order valence-corrected chi connectivity index (χ0v) is 14.9. The average molecular weight is 360 g/mol. The first-order chi connectivity index (χ1) is 12.5. The lowest BCUT2D eigenvalue weighted by Crippen LogP contribution is -2.44. The van der Waals surface area contributed by atoms with Gasteiger partial charge in [0.15, 0.2) is 0 Å². The number of para-hydroxylation sites is 1. The predicted octanol–water partition coefficient (Wildman–Crippen LogP) is 3.75. The van der Waals surface area contributed by atoms with E-state index in [9.17, 15) is 13.6 Å². The minimum absolute atomic E-state index is 0.402. The van der Waals surface area contributed by atoms with Crippen LogP contribution in [0.2, 0.25) is 0 Å². The van der Waals surface area contributed by atoms with Crippen LogP contribution in [-0.2, 0) is 17.8 Å². The van der Waals surface area contributed by atoms with Gasteiger partial charge < -0.3 is 10.1 Å². The van der Waals surface area contributed by atoms with Crippen LogP contribution in [0, 0.1) is 11.6 Å². The van der Waals surface area contributed by atoms with E-state index in [1.165, 1.54) is 11.6 Å². The maximum Gasteiger partial charge on any atom is 0.241 e. The second-order valence-corrected chi connectivity index (χ2v) is 6.35. The highest BCUT2D eigenvalue weighted by atomic mass is 19.1. The largest absolute Gasteiger partial charge is 0.494 e. The number of benzene rings is 2. The van der Waals surface area contributed by atoms with Gasteiger partial charge in [-0.15, -0.1) is 0 Å². The van der Waals surface area contributed by atoms with Crippen molar-refractivity contribution in [1.82, 2.24) is 4.90 Å². The van der Waals surface area contributed by atoms with Gasteiger partial charge in [0.1, 0.15) is 23.1 Å². The molecular weight excluding hydrogens is 338 g/mol. The van der Waals surface area contributed by atoms with Gasteiger partial charge in [-0.2, -0.15) is 0 Å². The van der Waals surface area contributed by atoms with Crippen molar-refractivity contribution < 1.29 is 18.3 Å². The van der Waals surface area contributed by atoms with Crippen molar-refractivity contribution in [1.29, 1.82) is 0 Å². The number of ether oxygens (including phenoxy) is 1. The Morgan fingerprint density at radius 3 is 2.65 bits per heavy atom. The molecule has 26 heavy (non-hydrogen) atoms. The molecule has 2 aromatic carbocycles. The molecule has 138 valence electrons. The third-order valence-corrected chi connectivity index (χ3v) is 4.67. The number of hydrogen-bond acceptors (Lipinski definition) is 3. The molecule has 6 heteroatoms. The minimum atomic E-state index is -0.782. The third kappa shape index (κ3) is 3.85. The number of anilines is 1. The Kier molecular flexibility index (Phi) is 5.52. The summed E-state index contributed by atoms with van der Waals surface area (Å²) in [6.07, 6.45) is 0.813. The Bertz CT molecular complexity index is 790. The Morgan fingerprint density at radius 1 is 1.23 bits per heavy atom. The number of nitrogens with one attached hydrogen (secondary N) is 1. The van der Waals surface area contributed by atoms with Crippen molar-refractivity contribution >= 4 is 11.6 Å². The van der Waals surface area contributed by atoms with Gasteiger partial charge in [0, 0.05) is 13.1 Å². The smallest absolute Gasteiger partial charge is 0.241 e. The van der Waals surface area contributed by atoms with Gasteiger partial charge in [-0.3, -0.25) is 9.69 Å². The molecule has 1 N–H and O–H groups in total. The molecule has 0 bridgehead atoms. The molecule has 0 aromatic heterocycles. The van der Waals surface area contributed by atoms with Crippen molar-refractivity contribution in [3.05, 3.63) is 59.2 Å². The molecule has 0 saturated carbocycles. The summed E-state index contributed by atoms with van der Waals surface area (Å²) in [5.41, 5.74) is 1.94. The topological polar surface area (TPSA) is 41.6 Å². The summed E-state index contributed by atoms with van der Waals surface area (Å²) in [4.78, 5) is 14.5. The molecule has 1 unspecified atom stereocenters. The van der Waals surface area contributed by atoms with Crippen LogP contribution in [0.25, 0.3) is 0 Å². The SMILES string of the molecule is CCOc1ccc2c(c1)CN(C(C)C(=O)Nc1c(F)cccc1F)CC2. The van der Waals surface area contributed by atoms with Crippen LogP contribution in [0.3, 0.4) is 0 Å². The lowest BCUT2D eigenvalue weighted by Gasteiger charge is -2.33. The molecule has 0 radical (unpaired) electrons. The Balaban J connectivity index is 1.71. The van der Waals surface area contributed by atoms with Crippen LogP contribution in [0.1, 0.15) is 25.0 Å². The number of rotatable bonds is 5. The fourth-order valence-electron chi connectivity index (χ4n) is 3.15. The van der Waals surface area contributed by atoms with E-state index in [2.05, 4.69) is 11.4 Å². The summed E-state index contributed by atoms with van der Waals surface area (Å²) in [7, 11) is 0. The van der Waals surface area contributed by atoms with E-state index in [1.807, 2.05) is 24.0 Å². The van der Waals surface area contributed by atoms with E-state index < -0.39 is 29.3 Å². The number of carbonyl (C=O) groups is 1. The summed E-state index contributed by atoms with van der Waals surface area (Å²) in [6.45, 7) is 5.56. The first kappa shape index (κ1) is 18.3. The summed E-state index contributed by atoms with van der Waals surface area (Å²) in [5, 5.41) is 2.38. The van der Waals surface area contributed by atoms with E-state index >= 15 is 0 Å². The van der Waals surface area contributed by atoms with E-state index in [0.717, 1.165) is 29.9 Å². The zero-order chi connectivity index (χ0) is 18.7. The highest BCUT2D eigenvalue weighted by Gasteiger charge is 2.26. The van der Waals surface area contributed by atoms with E-state index in [-0.39, 0.29) is 0 Å². The summed E-state index contributed by atoms with van der Waals surface area (Å²) < 4.78 is 33.0. The lowest BCUT2D eigenvalue weighted by atomic mass is 9.98. The van der Waals surface area contributed by atoms with E-state index in [0.29, 0.717) is 19.7 Å². The van der Waals surface area contributed by atoms with Gasteiger partial charge in [-0.1, -0.05) is 12.1 Å². The van der Waals surface area contributed by atoms with Crippen molar-refractivity contribution in [2.24, 2.45) is 0 Å². The first-order valence-corrected chi connectivity index (χ1v) is 8.73. The van der Waals surface area contributed by atoms with Gasteiger partial charge in [0.2, 0.25) is 5.91 Å². The summed E-state index contributed by atoms with van der Waals surface area (Å²) >= 11 is 0. The fraction of sp³-hybridized carbons (Fsp3) is 0.350. The van der Waals surface area contributed by atoms with Gasteiger partial charge in [-0.25, -0.2) is 8.78 Å². The van der Waals surface area contributed by atoms with E-state index in [4.69, 9.17) is 4.74 Å². The second-order valence-electron chi connectivity index (χ2n) is 6.35. The molecule has 4 nitrogen and oxygen atoms in total. The predicted molar refractivity (Wildman–Crippen MR) is 96.2 cm³/mol. The molecule has 1 amide bonds. The van der Waals surface area contributed by atoms with Crippen molar-refractivity contribution in [3.8, 4) is 5.75 Å². The Morgan fingerprint density at radius 2 is 1.96 bits per heavy atom. The van der Waals surface area contributed by atoms with Crippen molar-refractivity contribution in [2.75, 3.05) is 18.5 Å². The summed E-state index contributed by atoms with van der Waals surface area (Å²) in [5.74, 6) is -1.19.